The largest absolute Gasteiger partial charge is 0.462 e. The lowest BCUT2D eigenvalue weighted by atomic mass is 10.0. The van der Waals surface area contributed by atoms with Gasteiger partial charge >= 0.3 is 17.9 Å². The molecule has 6 nitrogen and oxygen atoms in total. The van der Waals surface area contributed by atoms with Crippen LogP contribution in [0.25, 0.3) is 0 Å². The second kappa shape index (κ2) is 35.0. The van der Waals surface area contributed by atoms with Crippen LogP contribution >= 0.6 is 0 Å². The number of hydrogen-bond acceptors (Lipinski definition) is 6. The van der Waals surface area contributed by atoms with E-state index in [1.54, 1.807) is 0 Å². The summed E-state index contributed by atoms with van der Waals surface area (Å²) in [5.74, 6) is -1.08. The molecule has 0 N–H and O–H groups in total. The molecule has 0 rings (SSSR count). The summed E-state index contributed by atoms with van der Waals surface area (Å²) < 4.78 is 15.9. The number of carbonyl (C=O) groups excluding carboxylic acids is 3. The molecule has 45 heavy (non-hydrogen) atoms. The van der Waals surface area contributed by atoms with E-state index >= 15 is 0 Å². The minimum Gasteiger partial charge on any atom is -0.462 e. The molecule has 1 unspecified atom stereocenters. The second-order valence-corrected chi connectivity index (χ2v) is 12.9. The molecule has 0 aromatic carbocycles. The number of carbonyl (C=O) groups is 3. The summed E-state index contributed by atoms with van der Waals surface area (Å²) in [4.78, 5) is 35.9. The van der Waals surface area contributed by atoms with Gasteiger partial charge in [-0.2, -0.15) is 0 Å². The van der Waals surface area contributed by atoms with Crippen LogP contribution in [0.4, 0.5) is 0 Å². The Bertz CT molecular complexity index is 704. The van der Waals surface area contributed by atoms with Gasteiger partial charge in [-0.1, -0.05) is 154 Å². The molecular formula is C39H72O6. The first-order valence-electron chi connectivity index (χ1n) is 19.1. The zero-order valence-corrected chi connectivity index (χ0v) is 29.9. The summed E-state index contributed by atoms with van der Waals surface area (Å²) in [5, 5.41) is 0. The minimum absolute atomic E-state index is 0.0807. The highest BCUT2D eigenvalue weighted by molar-refractivity contribution is 5.70. The maximum atomic E-state index is 12.4. The highest BCUT2D eigenvalue weighted by Gasteiger charge is 2.18. The van der Waals surface area contributed by atoms with Gasteiger partial charge in [-0.05, 0) is 38.5 Å². The van der Waals surface area contributed by atoms with Crippen LogP contribution in [0.15, 0.2) is 12.2 Å². The monoisotopic (exact) mass is 637 g/mol. The molecule has 0 aromatic heterocycles. The normalized spacial score (nSPS) is 12.0. The van der Waals surface area contributed by atoms with Crippen molar-refractivity contribution in [2.75, 3.05) is 13.2 Å². The van der Waals surface area contributed by atoms with E-state index < -0.39 is 12.1 Å². The summed E-state index contributed by atoms with van der Waals surface area (Å²) in [6, 6.07) is 0. The van der Waals surface area contributed by atoms with E-state index in [1.807, 2.05) is 0 Å². The lowest BCUT2D eigenvalue weighted by molar-refractivity contribution is -0.166. The molecule has 0 bridgehead atoms. The zero-order chi connectivity index (χ0) is 33.1. The third-order valence-electron chi connectivity index (χ3n) is 8.33. The topological polar surface area (TPSA) is 78.9 Å². The molecule has 0 radical (unpaired) electrons. The predicted molar refractivity (Wildman–Crippen MR) is 187 cm³/mol. The number of unbranched alkanes of at least 4 members (excludes halogenated alkanes) is 23. The van der Waals surface area contributed by atoms with Gasteiger partial charge < -0.3 is 14.2 Å². The van der Waals surface area contributed by atoms with E-state index in [4.69, 9.17) is 14.2 Å². The van der Waals surface area contributed by atoms with Crippen molar-refractivity contribution < 1.29 is 28.6 Å². The van der Waals surface area contributed by atoms with Crippen LogP contribution in [0.1, 0.15) is 201 Å². The summed E-state index contributed by atoms with van der Waals surface area (Å²) in [7, 11) is 0. The fraction of sp³-hybridized carbons (Fsp3) is 0.872. The third-order valence-corrected chi connectivity index (χ3v) is 8.33. The summed E-state index contributed by atoms with van der Waals surface area (Å²) in [6.45, 7) is 5.64. The molecule has 0 aromatic rings. The van der Waals surface area contributed by atoms with Crippen LogP contribution in [-0.4, -0.2) is 37.2 Å². The first-order chi connectivity index (χ1) is 22.0. The number of esters is 3. The molecule has 6 heteroatoms. The highest BCUT2D eigenvalue weighted by atomic mass is 16.6. The van der Waals surface area contributed by atoms with Gasteiger partial charge in [0.15, 0.2) is 6.10 Å². The van der Waals surface area contributed by atoms with Crippen LogP contribution in [0.5, 0.6) is 0 Å². The van der Waals surface area contributed by atoms with Crippen molar-refractivity contribution in [1.82, 2.24) is 0 Å². The van der Waals surface area contributed by atoms with Crippen molar-refractivity contribution in [3.8, 4) is 0 Å². The lowest BCUT2D eigenvalue weighted by Gasteiger charge is -2.17. The molecule has 0 saturated heterocycles. The first-order valence-corrected chi connectivity index (χ1v) is 19.1. The Hall–Kier alpha value is -1.85. The predicted octanol–water partition coefficient (Wildman–Crippen LogP) is 11.5. The number of ether oxygens (including phenoxy) is 3. The Balaban J connectivity index is 3.85. The van der Waals surface area contributed by atoms with E-state index in [-0.39, 0.29) is 25.2 Å². The van der Waals surface area contributed by atoms with Crippen molar-refractivity contribution in [3.05, 3.63) is 12.2 Å². The van der Waals surface area contributed by atoms with Crippen LogP contribution in [-0.2, 0) is 28.6 Å². The molecule has 0 amide bonds. The van der Waals surface area contributed by atoms with Gasteiger partial charge in [-0.25, -0.2) is 0 Å². The van der Waals surface area contributed by atoms with Crippen LogP contribution in [0.2, 0.25) is 0 Å². The molecule has 0 saturated carbocycles. The van der Waals surface area contributed by atoms with Gasteiger partial charge in [0.05, 0.1) is 0 Å². The summed E-state index contributed by atoms with van der Waals surface area (Å²) in [6.07, 6.45) is 36.5. The van der Waals surface area contributed by atoms with E-state index in [2.05, 4.69) is 26.0 Å². The first kappa shape index (κ1) is 43.1. The summed E-state index contributed by atoms with van der Waals surface area (Å²) >= 11 is 0. The van der Waals surface area contributed by atoms with Crippen molar-refractivity contribution in [3.63, 3.8) is 0 Å². The molecular weight excluding hydrogens is 564 g/mol. The van der Waals surface area contributed by atoms with Crippen molar-refractivity contribution >= 4 is 17.9 Å². The fourth-order valence-corrected chi connectivity index (χ4v) is 5.46. The molecule has 0 fully saturated rings. The van der Waals surface area contributed by atoms with Gasteiger partial charge in [-0.15, -0.1) is 0 Å². The molecule has 0 aliphatic heterocycles. The molecule has 1 atom stereocenters. The Kier molecular flexibility index (Phi) is 33.6. The van der Waals surface area contributed by atoms with E-state index in [0.29, 0.717) is 12.8 Å². The molecule has 0 heterocycles. The standard InChI is InChI=1S/C39H72O6/c1-4-6-8-10-12-14-16-18-19-21-23-25-27-29-31-33-39(42)45-37(34-43-36(3)40)35-44-38(41)32-30-28-26-24-22-20-17-15-13-11-9-7-5-2/h18-19,37H,4-17,20-35H2,1-3H3/b19-18-. The Morgan fingerprint density at radius 1 is 0.467 bits per heavy atom. The van der Waals surface area contributed by atoms with Crippen LogP contribution in [0.3, 0.4) is 0 Å². The Morgan fingerprint density at radius 3 is 1.24 bits per heavy atom. The second-order valence-electron chi connectivity index (χ2n) is 12.9. The van der Waals surface area contributed by atoms with Gasteiger partial charge in [0.1, 0.15) is 13.2 Å². The molecule has 0 aliphatic rings. The van der Waals surface area contributed by atoms with E-state index in [1.165, 1.54) is 129 Å². The van der Waals surface area contributed by atoms with Crippen LogP contribution < -0.4 is 0 Å². The van der Waals surface area contributed by atoms with Gasteiger partial charge in [0.2, 0.25) is 0 Å². The summed E-state index contributed by atoms with van der Waals surface area (Å²) in [5.41, 5.74) is 0. The minimum atomic E-state index is -0.764. The zero-order valence-electron chi connectivity index (χ0n) is 29.9. The highest BCUT2D eigenvalue weighted by Crippen LogP contribution is 2.14. The van der Waals surface area contributed by atoms with Gasteiger partial charge in [0, 0.05) is 19.8 Å². The quantitative estimate of drug-likeness (QED) is 0.0303. The van der Waals surface area contributed by atoms with Crippen molar-refractivity contribution in [1.29, 1.82) is 0 Å². The number of hydrogen-bond donors (Lipinski definition) is 0. The maximum Gasteiger partial charge on any atom is 0.306 e. The Morgan fingerprint density at radius 2 is 0.822 bits per heavy atom. The molecule has 264 valence electrons. The smallest absolute Gasteiger partial charge is 0.306 e. The average molecular weight is 637 g/mol. The van der Waals surface area contributed by atoms with Gasteiger partial charge in [-0.3, -0.25) is 14.4 Å². The van der Waals surface area contributed by atoms with Gasteiger partial charge in [0.25, 0.3) is 0 Å². The van der Waals surface area contributed by atoms with Crippen LogP contribution in [0, 0.1) is 0 Å². The molecule has 0 aliphatic carbocycles. The third kappa shape index (κ3) is 34.9. The van der Waals surface area contributed by atoms with E-state index in [9.17, 15) is 14.4 Å². The average Bonchev–Trinajstić information content (AvgIpc) is 3.02. The lowest BCUT2D eigenvalue weighted by Crippen LogP contribution is -2.30. The number of allylic oxidation sites excluding steroid dienone is 2. The Labute approximate surface area is 278 Å². The van der Waals surface area contributed by atoms with E-state index in [0.717, 1.165) is 44.9 Å². The van der Waals surface area contributed by atoms with Crippen molar-refractivity contribution in [2.24, 2.45) is 0 Å². The number of rotatable bonds is 34. The SMILES string of the molecule is CCCCCCCC/C=C\CCCCCCCC(=O)OC(COC(C)=O)COC(=O)CCCCCCCCCCCCCCC. The fourth-order valence-electron chi connectivity index (χ4n) is 5.46. The maximum absolute atomic E-state index is 12.4. The molecule has 0 spiro atoms. The van der Waals surface area contributed by atoms with Crippen molar-refractivity contribution in [2.45, 2.75) is 207 Å².